The van der Waals surface area contributed by atoms with E-state index >= 15 is 0 Å². The van der Waals surface area contributed by atoms with Crippen molar-refractivity contribution < 1.29 is 4.39 Å². The molecule has 0 heterocycles. The Morgan fingerprint density at radius 3 is 1.87 bits per heavy atom. The number of hydrogen-bond donors (Lipinski definition) is 0. The van der Waals surface area contributed by atoms with Gasteiger partial charge in [-0.2, -0.15) is 5.26 Å². The summed E-state index contributed by atoms with van der Waals surface area (Å²) < 4.78 is 13.5. The Morgan fingerprint density at radius 1 is 0.839 bits per heavy atom. The third-order valence-corrected chi connectivity index (χ3v) is 6.38. The SMILES string of the molecule is N#CC(CCCN(Cc1ccccc1)Cc1ccccc1)(c1ccc(F)cc1)C1CC1. The third kappa shape index (κ3) is 5.40. The first-order chi connectivity index (χ1) is 15.2. The van der Waals surface area contributed by atoms with Gasteiger partial charge in [-0.15, -0.1) is 0 Å². The standard InChI is InChI=1S/C28H29FN2/c29-27-16-14-26(15-17-27)28(22-30,25-12-13-25)18-7-19-31(20-23-8-3-1-4-9-23)21-24-10-5-2-6-11-24/h1-6,8-11,14-17,25H,7,12-13,18-21H2. The molecule has 3 heteroatoms. The monoisotopic (exact) mass is 412 g/mol. The Labute approximate surface area is 185 Å². The van der Waals surface area contributed by atoms with Crippen molar-refractivity contribution in [2.75, 3.05) is 6.54 Å². The van der Waals surface area contributed by atoms with Crippen LogP contribution in [0.4, 0.5) is 4.39 Å². The number of benzene rings is 3. The quantitative estimate of drug-likeness (QED) is 0.381. The van der Waals surface area contributed by atoms with Crippen LogP contribution in [0.3, 0.4) is 0 Å². The van der Waals surface area contributed by atoms with Gasteiger partial charge in [-0.25, -0.2) is 4.39 Å². The summed E-state index contributed by atoms with van der Waals surface area (Å²) in [5, 5.41) is 10.2. The van der Waals surface area contributed by atoms with Gasteiger partial charge in [0.15, 0.2) is 0 Å². The van der Waals surface area contributed by atoms with E-state index < -0.39 is 5.41 Å². The minimum atomic E-state index is -0.501. The van der Waals surface area contributed by atoms with Gasteiger partial charge in [0, 0.05) is 13.1 Å². The zero-order chi connectivity index (χ0) is 21.5. The summed E-state index contributed by atoms with van der Waals surface area (Å²) in [4.78, 5) is 2.46. The van der Waals surface area contributed by atoms with Crippen molar-refractivity contribution in [2.24, 2.45) is 5.92 Å². The Kier molecular flexibility index (Phi) is 6.79. The molecule has 0 aromatic heterocycles. The third-order valence-electron chi connectivity index (χ3n) is 6.38. The Morgan fingerprint density at radius 2 is 1.39 bits per heavy atom. The average Bonchev–Trinajstić information content (AvgIpc) is 3.65. The van der Waals surface area contributed by atoms with Crippen molar-refractivity contribution in [1.29, 1.82) is 5.26 Å². The topological polar surface area (TPSA) is 27.0 Å². The van der Waals surface area contributed by atoms with Crippen molar-refractivity contribution in [2.45, 2.75) is 44.2 Å². The van der Waals surface area contributed by atoms with E-state index in [1.165, 1.54) is 23.3 Å². The lowest BCUT2D eigenvalue weighted by molar-refractivity contribution is 0.241. The number of halogens is 1. The molecule has 4 rings (SSSR count). The molecule has 3 aromatic rings. The van der Waals surface area contributed by atoms with Crippen LogP contribution in [0.5, 0.6) is 0 Å². The van der Waals surface area contributed by atoms with E-state index in [4.69, 9.17) is 0 Å². The van der Waals surface area contributed by atoms with Crippen LogP contribution in [0.25, 0.3) is 0 Å². The second kappa shape index (κ2) is 9.90. The molecule has 158 valence electrons. The highest BCUT2D eigenvalue weighted by atomic mass is 19.1. The molecule has 0 spiro atoms. The van der Waals surface area contributed by atoms with Crippen LogP contribution in [0.2, 0.25) is 0 Å². The second-order valence-corrected chi connectivity index (χ2v) is 8.65. The Hall–Kier alpha value is -2.96. The minimum absolute atomic E-state index is 0.247. The molecule has 1 aliphatic rings. The van der Waals surface area contributed by atoms with Gasteiger partial charge < -0.3 is 0 Å². The van der Waals surface area contributed by atoms with E-state index in [0.29, 0.717) is 5.92 Å². The average molecular weight is 413 g/mol. The maximum absolute atomic E-state index is 13.5. The fourth-order valence-corrected chi connectivity index (χ4v) is 4.60. The molecule has 3 aromatic carbocycles. The van der Waals surface area contributed by atoms with Crippen LogP contribution in [0, 0.1) is 23.1 Å². The lowest BCUT2D eigenvalue weighted by Crippen LogP contribution is -2.30. The van der Waals surface area contributed by atoms with Gasteiger partial charge in [0.1, 0.15) is 5.82 Å². The van der Waals surface area contributed by atoms with Crippen molar-refractivity contribution in [3.05, 3.63) is 107 Å². The lowest BCUT2D eigenvalue weighted by atomic mass is 9.74. The number of hydrogen-bond acceptors (Lipinski definition) is 2. The van der Waals surface area contributed by atoms with Crippen LogP contribution in [0.1, 0.15) is 42.4 Å². The van der Waals surface area contributed by atoms with Crippen LogP contribution in [-0.2, 0) is 18.5 Å². The van der Waals surface area contributed by atoms with Gasteiger partial charge in [-0.3, -0.25) is 4.90 Å². The zero-order valence-corrected chi connectivity index (χ0v) is 17.9. The zero-order valence-electron chi connectivity index (χ0n) is 17.9. The molecular formula is C28H29FN2. The van der Waals surface area contributed by atoms with E-state index in [2.05, 4.69) is 59.5 Å². The highest BCUT2D eigenvalue weighted by molar-refractivity contribution is 5.35. The molecule has 2 nitrogen and oxygen atoms in total. The number of nitrogens with zero attached hydrogens (tertiary/aromatic N) is 2. The Balaban J connectivity index is 1.47. The molecule has 0 aliphatic heterocycles. The summed E-state index contributed by atoms with van der Waals surface area (Å²) in [6, 6.07) is 30.3. The summed E-state index contributed by atoms with van der Waals surface area (Å²) in [5.74, 6) is 0.142. The first-order valence-corrected chi connectivity index (χ1v) is 11.2. The summed E-state index contributed by atoms with van der Waals surface area (Å²) >= 11 is 0. The smallest absolute Gasteiger partial charge is 0.123 e. The number of nitriles is 1. The predicted octanol–water partition coefficient (Wildman–Crippen LogP) is 6.48. The molecule has 0 amide bonds. The molecule has 31 heavy (non-hydrogen) atoms. The molecule has 1 unspecified atom stereocenters. The second-order valence-electron chi connectivity index (χ2n) is 8.65. The first-order valence-electron chi connectivity index (χ1n) is 11.2. The van der Waals surface area contributed by atoms with Gasteiger partial charge >= 0.3 is 0 Å². The van der Waals surface area contributed by atoms with Crippen molar-refractivity contribution in [3.8, 4) is 6.07 Å². The maximum Gasteiger partial charge on any atom is 0.123 e. The van der Waals surface area contributed by atoms with E-state index in [-0.39, 0.29) is 5.82 Å². The Bertz CT molecular complexity index is 949. The van der Waals surface area contributed by atoms with Crippen LogP contribution in [-0.4, -0.2) is 11.4 Å². The number of rotatable bonds is 10. The molecule has 1 fully saturated rings. The summed E-state index contributed by atoms with van der Waals surface area (Å²) in [7, 11) is 0. The van der Waals surface area contributed by atoms with E-state index in [0.717, 1.165) is 50.9 Å². The van der Waals surface area contributed by atoms with Gasteiger partial charge in [0.2, 0.25) is 0 Å². The molecule has 1 aliphatic carbocycles. The van der Waals surface area contributed by atoms with Crippen molar-refractivity contribution >= 4 is 0 Å². The van der Waals surface area contributed by atoms with Crippen molar-refractivity contribution in [1.82, 2.24) is 4.90 Å². The molecular weight excluding hydrogens is 383 g/mol. The summed E-state index contributed by atoms with van der Waals surface area (Å²) in [6.45, 7) is 2.69. The fourth-order valence-electron chi connectivity index (χ4n) is 4.60. The molecule has 0 saturated heterocycles. The van der Waals surface area contributed by atoms with Crippen LogP contribution in [0.15, 0.2) is 84.9 Å². The highest BCUT2D eigenvalue weighted by Gasteiger charge is 2.46. The van der Waals surface area contributed by atoms with Gasteiger partial charge in [-0.1, -0.05) is 72.8 Å². The van der Waals surface area contributed by atoms with Crippen LogP contribution >= 0.6 is 0 Å². The van der Waals surface area contributed by atoms with Gasteiger partial charge in [0.05, 0.1) is 11.5 Å². The van der Waals surface area contributed by atoms with E-state index in [1.54, 1.807) is 0 Å². The molecule has 1 atom stereocenters. The van der Waals surface area contributed by atoms with E-state index in [9.17, 15) is 9.65 Å². The van der Waals surface area contributed by atoms with Gasteiger partial charge in [0.25, 0.3) is 0 Å². The maximum atomic E-state index is 13.5. The minimum Gasteiger partial charge on any atom is -0.295 e. The highest BCUT2D eigenvalue weighted by Crippen LogP contribution is 2.49. The lowest BCUT2D eigenvalue weighted by Gasteiger charge is -2.29. The predicted molar refractivity (Wildman–Crippen MR) is 123 cm³/mol. The van der Waals surface area contributed by atoms with Crippen molar-refractivity contribution in [3.63, 3.8) is 0 Å². The fraction of sp³-hybridized carbons (Fsp3) is 0.321. The van der Waals surface area contributed by atoms with Gasteiger partial charge in [-0.05, 0) is 67.0 Å². The summed E-state index contributed by atoms with van der Waals surface area (Å²) in [6.07, 6.45) is 3.91. The molecule has 0 bridgehead atoms. The molecule has 0 radical (unpaired) electrons. The largest absolute Gasteiger partial charge is 0.295 e. The van der Waals surface area contributed by atoms with Crippen LogP contribution < -0.4 is 0 Å². The first kappa shape index (κ1) is 21.3. The molecule has 1 saturated carbocycles. The normalized spacial score (nSPS) is 15.4. The molecule has 0 N–H and O–H groups in total. The van der Waals surface area contributed by atoms with E-state index in [1.807, 2.05) is 24.3 Å². The summed E-state index contributed by atoms with van der Waals surface area (Å²) in [5.41, 5.74) is 3.06.